The molecular weight excluding hydrogens is 949 g/mol. The lowest BCUT2D eigenvalue weighted by Crippen LogP contribution is -2.30. The summed E-state index contributed by atoms with van der Waals surface area (Å²) >= 11 is 0. The van der Waals surface area contributed by atoms with Crippen molar-refractivity contribution in [2.75, 3.05) is 13.2 Å². The van der Waals surface area contributed by atoms with Gasteiger partial charge in [0.05, 0.1) is 0 Å². The molecule has 0 saturated carbocycles. The lowest BCUT2D eigenvalue weighted by Gasteiger charge is -2.18. The van der Waals surface area contributed by atoms with Gasteiger partial charge in [0.15, 0.2) is 6.10 Å². The Balaban J connectivity index is 4.39. The van der Waals surface area contributed by atoms with Gasteiger partial charge in [-0.2, -0.15) is 0 Å². The van der Waals surface area contributed by atoms with E-state index in [1.807, 2.05) is 0 Å². The zero-order chi connectivity index (χ0) is 55.7. The minimum atomic E-state index is -0.809. The van der Waals surface area contributed by atoms with Crippen LogP contribution in [0.15, 0.2) is 146 Å². The summed E-state index contributed by atoms with van der Waals surface area (Å²) < 4.78 is 16.9. The highest BCUT2D eigenvalue weighted by atomic mass is 16.6. The third-order valence-electron chi connectivity index (χ3n) is 12.8. The molecule has 1 atom stereocenters. The van der Waals surface area contributed by atoms with E-state index in [2.05, 4.69) is 167 Å². The average Bonchev–Trinajstić information content (AvgIpc) is 3.43. The SMILES string of the molecule is CC/C=C\C/C=C\C/C=C\C/C=C\C/C=C\CCCCCCCCCCCCCC(=O)OCC(COC(=O)CCCCCCC/C=C\C/C=C\CCC)OC(=O)CCCCC/C=C\C/C=C\C/C=C\C/C=C\C/C=C\CC. The van der Waals surface area contributed by atoms with Gasteiger partial charge in [0.1, 0.15) is 13.2 Å². The number of unbranched alkanes of at least 4 members (excludes halogenated alkanes) is 20. The van der Waals surface area contributed by atoms with Gasteiger partial charge in [-0.3, -0.25) is 14.4 Å². The van der Waals surface area contributed by atoms with Crippen molar-refractivity contribution in [2.45, 2.75) is 271 Å². The van der Waals surface area contributed by atoms with Gasteiger partial charge in [0.2, 0.25) is 0 Å². The zero-order valence-electron chi connectivity index (χ0n) is 49.7. The molecule has 0 aromatic heterocycles. The van der Waals surface area contributed by atoms with Crippen LogP contribution in [-0.4, -0.2) is 37.2 Å². The van der Waals surface area contributed by atoms with Crippen LogP contribution in [0.5, 0.6) is 0 Å². The van der Waals surface area contributed by atoms with Gasteiger partial charge in [-0.05, 0) is 135 Å². The van der Waals surface area contributed by atoms with Crippen LogP contribution in [-0.2, 0) is 28.6 Å². The molecule has 0 bridgehead atoms. The molecule has 0 aliphatic heterocycles. The number of hydrogen-bond acceptors (Lipinski definition) is 6. The largest absolute Gasteiger partial charge is 0.462 e. The summed E-state index contributed by atoms with van der Waals surface area (Å²) in [6.45, 7) is 6.31. The van der Waals surface area contributed by atoms with E-state index in [1.54, 1.807) is 0 Å². The third-order valence-corrected chi connectivity index (χ3v) is 12.8. The Labute approximate surface area is 474 Å². The van der Waals surface area contributed by atoms with E-state index in [-0.39, 0.29) is 37.5 Å². The number of allylic oxidation sites excluding steroid dienone is 24. The van der Waals surface area contributed by atoms with Crippen LogP contribution < -0.4 is 0 Å². The molecule has 0 N–H and O–H groups in total. The summed E-state index contributed by atoms with van der Waals surface area (Å²) in [7, 11) is 0. The van der Waals surface area contributed by atoms with Crippen molar-refractivity contribution >= 4 is 17.9 Å². The second-order valence-electron chi connectivity index (χ2n) is 20.2. The van der Waals surface area contributed by atoms with Crippen molar-refractivity contribution in [1.82, 2.24) is 0 Å². The van der Waals surface area contributed by atoms with Crippen molar-refractivity contribution in [3.05, 3.63) is 146 Å². The topological polar surface area (TPSA) is 78.9 Å². The van der Waals surface area contributed by atoms with Crippen molar-refractivity contribution < 1.29 is 28.6 Å². The second-order valence-corrected chi connectivity index (χ2v) is 20.2. The van der Waals surface area contributed by atoms with Gasteiger partial charge in [-0.1, -0.05) is 256 Å². The first kappa shape index (κ1) is 72.3. The van der Waals surface area contributed by atoms with Crippen LogP contribution in [0.3, 0.4) is 0 Å². The standard InChI is InChI=1S/C71H114O6/c1-4-7-10-13-16-19-22-25-27-29-31-32-33-34-35-36-37-38-40-41-43-46-49-52-55-58-61-64-70(73)76-67-68(66-75-69(72)63-60-57-54-51-48-45-24-21-18-15-12-9-6-3)77-71(74)65-62-59-56-53-50-47-44-42-39-30-28-26-23-20-17-14-11-8-5-2/h7-8,10-12,15-17,19-21,24-28,31-32,34-35,39,42,47,50,68H,4-6,9,13-14,18,22-23,29-30,33,36-38,40-41,43-46,48-49,51-67H2,1-3H3/b10-7-,11-8-,15-12-,19-16-,20-17-,24-21-,27-25-,28-26-,32-31-,35-34-,42-39-,50-47-. The molecule has 0 aliphatic rings. The smallest absolute Gasteiger partial charge is 0.306 e. The fourth-order valence-corrected chi connectivity index (χ4v) is 8.18. The average molecular weight is 1060 g/mol. The Hall–Kier alpha value is -4.71. The molecule has 0 aromatic rings. The summed E-state index contributed by atoms with van der Waals surface area (Å²) in [5, 5.41) is 0. The molecule has 0 fully saturated rings. The lowest BCUT2D eigenvalue weighted by molar-refractivity contribution is -0.167. The van der Waals surface area contributed by atoms with Gasteiger partial charge in [-0.25, -0.2) is 0 Å². The van der Waals surface area contributed by atoms with E-state index in [9.17, 15) is 14.4 Å². The zero-order valence-corrected chi connectivity index (χ0v) is 49.7. The fourth-order valence-electron chi connectivity index (χ4n) is 8.18. The van der Waals surface area contributed by atoms with Crippen LogP contribution in [0.2, 0.25) is 0 Å². The first-order valence-corrected chi connectivity index (χ1v) is 31.3. The summed E-state index contributed by atoms with van der Waals surface area (Å²) in [5.41, 5.74) is 0. The van der Waals surface area contributed by atoms with Crippen LogP contribution in [0.1, 0.15) is 265 Å². The highest BCUT2D eigenvalue weighted by molar-refractivity contribution is 5.71. The molecule has 0 spiro atoms. The van der Waals surface area contributed by atoms with Gasteiger partial charge in [0, 0.05) is 19.3 Å². The summed E-state index contributed by atoms with van der Waals surface area (Å²) in [4.78, 5) is 38.3. The van der Waals surface area contributed by atoms with Crippen molar-refractivity contribution in [1.29, 1.82) is 0 Å². The maximum Gasteiger partial charge on any atom is 0.306 e. The van der Waals surface area contributed by atoms with Gasteiger partial charge >= 0.3 is 17.9 Å². The molecule has 0 rings (SSSR count). The molecule has 0 aromatic carbocycles. The Morgan fingerprint density at radius 3 is 0.805 bits per heavy atom. The monoisotopic (exact) mass is 1060 g/mol. The minimum absolute atomic E-state index is 0.102. The minimum Gasteiger partial charge on any atom is -0.462 e. The molecule has 0 radical (unpaired) electrons. The molecule has 1 unspecified atom stereocenters. The maximum atomic E-state index is 12.9. The van der Waals surface area contributed by atoms with Crippen LogP contribution >= 0.6 is 0 Å². The molecule has 6 heteroatoms. The van der Waals surface area contributed by atoms with Crippen molar-refractivity contribution in [3.8, 4) is 0 Å². The summed E-state index contributed by atoms with van der Waals surface area (Å²) in [5.74, 6) is -0.954. The first-order chi connectivity index (χ1) is 38.0. The van der Waals surface area contributed by atoms with E-state index >= 15 is 0 Å². The maximum absolute atomic E-state index is 12.9. The number of carbonyl (C=O) groups excluding carboxylic acids is 3. The van der Waals surface area contributed by atoms with Gasteiger partial charge in [-0.15, -0.1) is 0 Å². The van der Waals surface area contributed by atoms with Crippen LogP contribution in [0, 0.1) is 0 Å². The highest BCUT2D eigenvalue weighted by Gasteiger charge is 2.19. The quantitative estimate of drug-likeness (QED) is 0.0261. The Kier molecular flexibility index (Phi) is 59.9. The number of carbonyl (C=O) groups is 3. The van der Waals surface area contributed by atoms with Crippen molar-refractivity contribution in [3.63, 3.8) is 0 Å². The van der Waals surface area contributed by atoms with Crippen LogP contribution in [0.4, 0.5) is 0 Å². The molecule has 6 nitrogen and oxygen atoms in total. The first-order valence-electron chi connectivity index (χ1n) is 31.3. The molecule has 0 heterocycles. The molecule has 77 heavy (non-hydrogen) atoms. The van der Waals surface area contributed by atoms with Crippen LogP contribution in [0.25, 0.3) is 0 Å². The van der Waals surface area contributed by atoms with Crippen molar-refractivity contribution in [2.24, 2.45) is 0 Å². The molecule has 0 saturated heterocycles. The van der Waals surface area contributed by atoms with Gasteiger partial charge < -0.3 is 14.2 Å². The normalized spacial score (nSPS) is 13.1. The predicted molar refractivity (Wildman–Crippen MR) is 334 cm³/mol. The molecule has 434 valence electrons. The number of rotatable bonds is 55. The van der Waals surface area contributed by atoms with E-state index < -0.39 is 6.10 Å². The van der Waals surface area contributed by atoms with E-state index in [0.29, 0.717) is 12.8 Å². The van der Waals surface area contributed by atoms with E-state index in [1.165, 1.54) is 64.2 Å². The number of esters is 3. The third kappa shape index (κ3) is 62.0. The van der Waals surface area contributed by atoms with E-state index in [0.717, 1.165) is 161 Å². The summed E-state index contributed by atoms with van der Waals surface area (Å²) in [6, 6.07) is 0. The lowest BCUT2D eigenvalue weighted by atomic mass is 10.0. The Morgan fingerprint density at radius 1 is 0.273 bits per heavy atom. The number of ether oxygens (including phenoxy) is 3. The predicted octanol–water partition coefficient (Wildman–Crippen LogP) is 21.5. The molecular formula is C71H114O6. The molecule has 0 amide bonds. The molecule has 0 aliphatic carbocycles. The summed E-state index contributed by atoms with van der Waals surface area (Å²) in [6.07, 6.45) is 91.3. The fraction of sp³-hybridized carbons (Fsp3) is 0.620. The van der Waals surface area contributed by atoms with E-state index in [4.69, 9.17) is 14.2 Å². The highest BCUT2D eigenvalue weighted by Crippen LogP contribution is 2.15. The Morgan fingerprint density at radius 2 is 0.506 bits per heavy atom. The second kappa shape index (κ2) is 63.8. The Bertz CT molecular complexity index is 1700. The van der Waals surface area contributed by atoms with Gasteiger partial charge in [0.25, 0.3) is 0 Å². The number of hydrogen-bond donors (Lipinski definition) is 0.